The standard InChI is InChI=1S/C10H20N2O3/c1-3-14-9-7-12(6-5-8(9)11)10(13)15-4-2/h8-9H,3-7,11H2,1-2H3. The first-order chi connectivity index (χ1) is 7.19. The maximum absolute atomic E-state index is 11.5. The molecule has 5 heteroatoms. The van der Waals surface area contributed by atoms with Gasteiger partial charge in [0.25, 0.3) is 0 Å². The molecule has 1 fully saturated rings. The molecule has 0 aromatic carbocycles. The summed E-state index contributed by atoms with van der Waals surface area (Å²) < 4.78 is 10.4. The quantitative estimate of drug-likeness (QED) is 0.749. The number of carbonyl (C=O) groups excluding carboxylic acids is 1. The number of likely N-dealkylation sites (tertiary alicyclic amines) is 1. The summed E-state index contributed by atoms with van der Waals surface area (Å²) in [5, 5.41) is 0. The van der Waals surface area contributed by atoms with Crippen LogP contribution >= 0.6 is 0 Å². The van der Waals surface area contributed by atoms with E-state index >= 15 is 0 Å². The molecule has 2 unspecified atom stereocenters. The average Bonchev–Trinajstić information content (AvgIpc) is 2.22. The van der Waals surface area contributed by atoms with Crippen molar-refractivity contribution in [3.63, 3.8) is 0 Å². The van der Waals surface area contributed by atoms with Crippen molar-refractivity contribution in [2.45, 2.75) is 32.4 Å². The minimum absolute atomic E-state index is 0.0237. The smallest absolute Gasteiger partial charge is 0.409 e. The second-order valence-corrected chi connectivity index (χ2v) is 3.59. The number of hydrogen-bond acceptors (Lipinski definition) is 4. The fourth-order valence-electron chi connectivity index (χ4n) is 1.71. The summed E-state index contributed by atoms with van der Waals surface area (Å²) in [6.45, 7) is 5.94. The van der Waals surface area contributed by atoms with E-state index in [1.54, 1.807) is 11.8 Å². The van der Waals surface area contributed by atoms with Gasteiger partial charge in [-0.05, 0) is 20.3 Å². The summed E-state index contributed by atoms with van der Waals surface area (Å²) in [5.41, 5.74) is 5.90. The molecule has 0 radical (unpaired) electrons. The molecule has 1 heterocycles. The van der Waals surface area contributed by atoms with E-state index in [0.29, 0.717) is 26.3 Å². The molecule has 0 bridgehead atoms. The number of rotatable bonds is 3. The van der Waals surface area contributed by atoms with Gasteiger partial charge in [-0.1, -0.05) is 0 Å². The Morgan fingerprint density at radius 1 is 1.47 bits per heavy atom. The molecule has 1 aliphatic heterocycles. The number of amides is 1. The van der Waals surface area contributed by atoms with Gasteiger partial charge in [-0.15, -0.1) is 0 Å². The number of piperidine rings is 1. The Balaban J connectivity index is 2.45. The minimum Gasteiger partial charge on any atom is -0.450 e. The van der Waals surface area contributed by atoms with Gasteiger partial charge < -0.3 is 20.1 Å². The molecule has 2 N–H and O–H groups in total. The topological polar surface area (TPSA) is 64.8 Å². The summed E-state index contributed by atoms with van der Waals surface area (Å²) in [7, 11) is 0. The molecular weight excluding hydrogens is 196 g/mol. The first-order valence-electron chi connectivity index (χ1n) is 5.47. The lowest BCUT2D eigenvalue weighted by Crippen LogP contribution is -2.53. The molecule has 88 valence electrons. The molecule has 1 saturated heterocycles. The predicted octanol–water partition coefficient (Wildman–Crippen LogP) is 0.581. The molecular formula is C10H20N2O3. The van der Waals surface area contributed by atoms with Crippen molar-refractivity contribution in [3.8, 4) is 0 Å². The highest BCUT2D eigenvalue weighted by atomic mass is 16.6. The van der Waals surface area contributed by atoms with Crippen LogP contribution in [0.5, 0.6) is 0 Å². The zero-order valence-corrected chi connectivity index (χ0v) is 9.44. The van der Waals surface area contributed by atoms with E-state index in [-0.39, 0.29) is 18.2 Å². The van der Waals surface area contributed by atoms with E-state index in [1.807, 2.05) is 6.92 Å². The van der Waals surface area contributed by atoms with Gasteiger partial charge in [-0.25, -0.2) is 4.79 Å². The Hall–Kier alpha value is -0.810. The Morgan fingerprint density at radius 2 is 2.20 bits per heavy atom. The molecule has 1 amide bonds. The Kier molecular flexibility index (Phi) is 4.84. The number of carbonyl (C=O) groups is 1. The van der Waals surface area contributed by atoms with Gasteiger partial charge in [0.15, 0.2) is 0 Å². The Morgan fingerprint density at radius 3 is 2.80 bits per heavy atom. The third-order valence-corrected chi connectivity index (χ3v) is 2.52. The molecule has 0 aliphatic carbocycles. The lowest BCUT2D eigenvalue weighted by Gasteiger charge is -2.35. The maximum atomic E-state index is 11.5. The van der Waals surface area contributed by atoms with E-state index in [4.69, 9.17) is 15.2 Å². The third kappa shape index (κ3) is 3.35. The van der Waals surface area contributed by atoms with Crippen LogP contribution in [0.3, 0.4) is 0 Å². The summed E-state index contributed by atoms with van der Waals surface area (Å²) in [5.74, 6) is 0. The summed E-state index contributed by atoms with van der Waals surface area (Å²) in [6, 6.07) is 0.0237. The van der Waals surface area contributed by atoms with Gasteiger partial charge in [-0.2, -0.15) is 0 Å². The zero-order chi connectivity index (χ0) is 11.3. The molecule has 1 rings (SSSR count). The van der Waals surface area contributed by atoms with Gasteiger partial charge in [0.2, 0.25) is 0 Å². The molecule has 15 heavy (non-hydrogen) atoms. The maximum Gasteiger partial charge on any atom is 0.409 e. The van der Waals surface area contributed by atoms with E-state index in [0.717, 1.165) is 6.42 Å². The summed E-state index contributed by atoms with van der Waals surface area (Å²) in [6.07, 6.45) is 0.436. The van der Waals surface area contributed by atoms with Crippen molar-refractivity contribution in [2.75, 3.05) is 26.3 Å². The van der Waals surface area contributed by atoms with Crippen LogP contribution in [-0.4, -0.2) is 49.4 Å². The molecule has 5 nitrogen and oxygen atoms in total. The van der Waals surface area contributed by atoms with Crippen LogP contribution in [0.1, 0.15) is 20.3 Å². The van der Waals surface area contributed by atoms with Crippen molar-refractivity contribution in [1.29, 1.82) is 0 Å². The fourth-order valence-corrected chi connectivity index (χ4v) is 1.71. The molecule has 1 aliphatic rings. The monoisotopic (exact) mass is 216 g/mol. The van der Waals surface area contributed by atoms with Crippen LogP contribution in [0.4, 0.5) is 4.79 Å². The lowest BCUT2D eigenvalue weighted by atomic mass is 10.0. The van der Waals surface area contributed by atoms with Crippen LogP contribution in [0.25, 0.3) is 0 Å². The van der Waals surface area contributed by atoms with Crippen LogP contribution in [0.2, 0.25) is 0 Å². The number of ether oxygens (including phenoxy) is 2. The van der Waals surface area contributed by atoms with Crippen molar-refractivity contribution in [2.24, 2.45) is 5.73 Å². The summed E-state index contributed by atoms with van der Waals surface area (Å²) in [4.78, 5) is 13.1. The predicted molar refractivity (Wildman–Crippen MR) is 56.6 cm³/mol. The third-order valence-electron chi connectivity index (χ3n) is 2.52. The van der Waals surface area contributed by atoms with Crippen molar-refractivity contribution < 1.29 is 14.3 Å². The van der Waals surface area contributed by atoms with Crippen LogP contribution < -0.4 is 5.73 Å². The first-order valence-corrected chi connectivity index (χ1v) is 5.47. The molecule has 0 aromatic heterocycles. The SMILES string of the molecule is CCOC(=O)N1CCC(N)C(OCC)C1. The van der Waals surface area contributed by atoms with Crippen LogP contribution in [0, 0.1) is 0 Å². The number of nitrogens with two attached hydrogens (primary N) is 1. The Bertz CT molecular complexity index is 211. The normalized spacial score (nSPS) is 26.5. The number of hydrogen-bond donors (Lipinski definition) is 1. The summed E-state index contributed by atoms with van der Waals surface area (Å²) >= 11 is 0. The van der Waals surface area contributed by atoms with E-state index in [1.165, 1.54) is 0 Å². The average molecular weight is 216 g/mol. The van der Waals surface area contributed by atoms with Crippen LogP contribution in [0.15, 0.2) is 0 Å². The van der Waals surface area contributed by atoms with E-state index in [9.17, 15) is 4.79 Å². The highest BCUT2D eigenvalue weighted by molar-refractivity contribution is 5.67. The van der Waals surface area contributed by atoms with Crippen molar-refractivity contribution in [3.05, 3.63) is 0 Å². The number of nitrogens with zero attached hydrogens (tertiary/aromatic N) is 1. The van der Waals surface area contributed by atoms with E-state index in [2.05, 4.69) is 0 Å². The molecule has 0 spiro atoms. The second-order valence-electron chi connectivity index (χ2n) is 3.59. The second kappa shape index (κ2) is 5.92. The zero-order valence-electron chi connectivity index (χ0n) is 9.44. The molecule has 0 saturated carbocycles. The van der Waals surface area contributed by atoms with Gasteiger partial charge in [-0.3, -0.25) is 0 Å². The Labute approximate surface area is 90.5 Å². The lowest BCUT2D eigenvalue weighted by molar-refractivity contribution is -0.00758. The molecule has 2 atom stereocenters. The first kappa shape index (κ1) is 12.3. The van der Waals surface area contributed by atoms with Gasteiger partial charge in [0, 0.05) is 19.2 Å². The highest BCUT2D eigenvalue weighted by Gasteiger charge is 2.30. The van der Waals surface area contributed by atoms with Crippen LogP contribution in [-0.2, 0) is 9.47 Å². The van der Waals surface area contributed by atoms with Gasteiger partial charge >= 0.3 is 6.09 Å². The van der Waals surface area contributed by atoms with Gasteiger partial charge in [0.05, 0.1) is 19.3 Å². The van der Waals surface area contributed by atoms with Gasteiger partial charge in [0.1, 0.15) is 0 Å². The molecule has 0 aromatic rings. The van der Waals surface area contributed by atoms with Crippen molar-refractivity contribution in [1.82, 2.24) is 4.90 Å². The van der Waals surface area contributed by atoms with Crippen molar-refractivity contribution >= 4 is 6.09 Å². The largest absolute Gasteiger partial charge is 0.450 e. The minimum atomic E-state index is -0.269. The highest BCUT2D eigenvalue weighted by Crippen LogP contribution is 2.13. The van der Waals surface area contributed by atoms with E-state index < -0.39 is 0 Å². The fraction of sp³-hybridized carbons (Fsp3) is 0.900.